The van der Waals surface area contributed by atoms with E-state index in [9.17, 15) is 0 Å². The van der Waals surface area contributed by atoms with Gasteiger partial charge in [0, 0.05) is 28.3 Å². The largest absolute Gasteiger partial charge is 0.378 e. The zero-order valence-electron chi connectivity index (χ0n) is 12.4. The molecule has 3 unspecified atom stereocenters. The fourth-order valence-electron chi connectivity index (χ4n) is 2.98. The predicted molar refractivity (Wildman–Crippen MR) is 82.9 cm³/mol. The number of ether oxygens (including phenoxy) is 1. The fourth-order valence-corrected chi connectivity index (χ4v) is 4.09. The quantitative estimate of drug-likeness (QED) is 0.810. The van der Waals surface area contributed by atoms with Gasteiger partial charge in [0.15, 0.2) is 0 Å². The van der Waals surface area contributed by atoms with Gasteiger partial charge in [-0.2, -0.15) is 0 Å². The molecule has 2 nitrogen and oxygen atoms in total. The lowest BCUT2D eigenvalue weighted by molar-refractivity contribution is 0.0778. The highest BCUT2D eigenvalue weighted by atomic mass is 32.1. The zero-order chi connectivity index (χ0) is 13.7. The van der Waals surface area contributed by atoms with Gasteiger partial charge in [0.05, 0.1) is 6.10 Å². The first kappa shape index (κ1) is 15.0. The van der Waals surface area contributed by atoms with Gasteiger partial charge in [0.2, 0.25) is 0 Å². The van der Waals surface area contributed by atoms with Crippen molar-refractivity contribution in [1.82, 2.24) is 5.32 Å². The van der Waals surface area contributed by atoms with Gasteiger partial charge in [0.1, 0.15) is 0 Å². The molecule has 0 aliphatic carbocycles. The molecule has 0 radical (unpaired) electrons. The second-order valence-electron chi connectivity index (χ2n) is 5.36. The molecule has 1 aromatic heterocycles. The molecule has 3 heteroatoms. The number of rotatable bonds is 7. The zero-order valence-corrected chi connectivity index (χ0v) is 13.3. The first-order valence-electron chi connectivity index (χ1n) is 7.73. The Balaban J connectivity index is 2.14. The molecular weight excluding hydrogens is 254 g/mol. The molecule has 0 spiro atoms. The van der Waals surface area contributed by atoms with Gasteiger partial charge in [0.25, 0.3) is 0 Å². The van der Waals surface area contributed by atoms with Crippen molar-refractivity contribution in [1.29, 1.82) is 0 Å². The van der Waals surface area contributed by atoms with Crippen LogP contribution in [-0.4, -0.2) is 19.3 Å². The molecule has 108 valence electrons. The van der Waals surface area contributed by atoms with Crippen LogP contribution in [0.3, 0.4) is 0 Å². The van der Waals surface area contributed by atoms with E-state index in [-0.39, 0.29) is 0 Å². The molecule has 0 bridgehead atoms. The maximum Gasteiger partial charge on any atom is 0.0620 e. The molecule has 2 rings (SSSR count). The van der Waals surface area contributed by atoms with Gasteiger partial charge >= 0.3 is 0 Å². The van der Waals surface area contributed by atoms with E-state index < -0.39 is 0 Å². The SMILES string of the molecule is CCCNC(c1ccc(CC)s1)C1CCOC1CC. The van der Waals surface area contributed by atoms with E-state index in [4.69, 9.17) is 4.74 Å². The summed E-state index contributed by atoms with van der Waals surface area (Å²) >= 11 is 1.97. The van der Waals surface area contributed by atoms with Crippen LogP contribution in [0.4, 0.5) is 0 Å². The highest BCUT2D eigenvalue weighted by Crippen LogP contribution is 2.37. The predicted octanol–water partition coefficient (Wildman–Crippen LogP) is 4.17. The lowest BCUT2D eigenvalue weighted by Crippen LogP contribution is -2.32. The summed E-state index contributed by atoms with van der Waals surface area (Å²) in [6.45, 7) is 8.73. The van der Waals surface area contributed by atoms with E-state index in [1.807, 2.05) is 11.3 Å². The maximum absolute atomic E-state index is 5.89. The minimum absolute atomic E-state index is 0.432. The van der Waals surface area contributed by atoms with Crippen LogP contribution in [0.15, 0.2) is 12.1 Å². The fraction of sp³-hybridized carbons (Fsp3) is 0.750. The molecule has 1 aromatic rings. The Kier molecular flexibility index (Phi) is 5.86. The van der Waals surface area contributed by atoms with Crippen molar-refractivity contribution in [3.63, 3.8) is 0 Å². The molecule has 1 aliphatic rings. The molecule has 1 aliphatic heterocycles. The van der Waals surface area contributed by atoms with Crippen LogP contribution in [0.5, 0.6) is 0 Å². The second-order valence-corrected chi connectivity index (χ2v) is 6.56. The molecule has 3 atom stereocenters. The summed E-state index contributed by atoms with van der Waals surface area (Å²) in [4.78, 5) is 2.99. The molecule has 0 amide bonds. The maximum atomic E-state index is 5.89. The van der Waals surface area contributed by atoms with Crippen LogP contribution in [0.2, 0.25) is 0 Å². The average molecular weight is 281 g/mol. The van der Waals surface area contributed by atoms with E-state index in [0.717, 1.165) is 26.0 Å². The number of nitrogens with one attached hydrogen (secondary N) is 1. The summed E-state index contributed by atoms with van der Waals surface area (Å²) in [5.74, 6) is 0.639. The Morgan fingerprint density at radius 1 is 1.37 bits per heavy atom. The second kappa shape index (κ2) is 7.41. The van der Waals surface area contributed by atoms with Crippen molar-refractivity contribution in [2.24, 2.45) is 5.92 Å². The number of hydrogen-bond donors (Lipinski definition) is 1. The lowest BCUT2D eigenvalue weighted by Gasteiger charge is -2.27. The van der Waals surface area contributed by atoms with Crippen LogP contribution >= 0.6 is 11.3 Å². The minimum Gasteiger partial charge on any atom is -0.378 e. The first-order chi connectivity index (χ1) is 9.30. The van der Waals surface area contributed by atoms with Crippen LogP contribution < -0.4 is 5.32 Å². The highest BCUT2D eigenvalue weighted by Gasteiger charge is 2.34. The highest BCUT2D eigenvalue weighted by molar-refractivity contribution is 7.12. The van der Waals surface area contributed by atoms with Gasteiger partial charge < -0.3 is 10.1 Å². The topological polar surface area (TPSA) is 21.3 Å². The van der Waals surface area contributed by atoms with Crippen molar-refractivity contribution in [2.45, 2.75) is 58.6 Å². The average Bonchev–Trinajstić information content (AvgIpc) is 3.08. The first-order valence-corrected chi connectivity index (χ1v) is 8.55. The molecular formula is C16H27NOS. The smallest absolute Gasteiger partial charge is 0.0620 e. The third-order valence-electron chi connectivity index (χ3n) is 4.04. The Hall–Kier alpha value is -0.380. The number of hydrogen-bond acceptors (Lipinski definition) is 3. The minimum atomic E-state index is 0.432. The summed E-state index contributed by atoms with van der Waals surface area (Å²) in [5, 5.41) is 3.76. The van der Waals surface area contributed by atoms with Crippen molar-refractivity contribution in [3.05, 3.63) is 21.9 Å². The molecule has 0 saturated carbocycles. The summed E-state index contributed by atoms with van der Waals surface area (Å²) in [6.07, 6.45) is 5.08. The molecule has 1 N–H and O–H groups in total. The summed E-state index contributed by atoms with van der Waals surface area (Å²) in [7, 11) is 0. The third-order valence-corrected chi connectivity index (χ3v) is 5.36. The monoisotopic (exact) mass is 281 g/mol. The number of thiophene rings is 1. The van der Waals surface area contributed by atoms with Gasteiger partial charge in [-0.1, -0.05) is 20.8 Å². The van der Waals surface area contributed by atoms with E-state index in [1.54, 1.807) is 0 Å². The van der Waals surface area contributed by atoms with E-state index in [1.165, 1.54) is 22.6 Å². The van der Waals surface area contributed by atoms with Crippen LogP contribution in [-0.2, 0) is 11.2 Å². The molecule has 1 fully saturated rings. The Bertz CT molecular complexity index is 377. The van der Waals surface area contributed by atoms with Gasteiger partial charge in [-0.3, -0.25) is 0 Å². The Morgan fingerprint density at radius 3 is 2.84 bits per heavy atom. The van der Waals surface area contributed by atoms with Gasteiger partial charge in [-0.05, 0) is 44.4 Å². The summed E-state index contributed by atoms with van der Waals surface area (Å²) < 4.78 is 5.89. The van der Waals surface area contributed by atoms with Gasteiger partial charge in [-0.25, -0.2) is 0 Å². The standard InChI is InChI=1S/C16H27NOS/c1-4-10-17-16(13-9-11-18-14(13)6-3)15-8-7-12(5-2)19-15/h7-8,13-14,16-17H,4-6,9-11H2,1-3H3. The molecule has 0 aromatic carbocycles. The lowest BCUT2D eigenvalue weighted by atomic mass is 9.90. The summed E-state index contributed by atoms with van der Waals surface area (Å²) in [5.41, 5.74) is 0. The van der Waals surface area contributed by atoms with Crippen molar-refractivity contribution < 1.29 is 4.74 Å². The van der Waals surface area contributed by atoms with Crippen LogP contribution in [0.25, 0.3) is 0 Å². The van der Waals surface area contributed by atoms with Crippen LogP contribution in [0, 0.1) is 5.92 Å². The van der Waals surface area contributed by atoms with Gasteiger partial charge in [-0.15, -0.1) is 11.3 Å². The summed E-state index contributed by atoms with van der Waals surface area (Å²) in [6, 6.07) is 5.09. The Morgan fingerprint density at radius 2 is 2.21 bits per heavy atom. The Labute approximate surface area is 121 Å². The molecule has 2 heterocycles. The van der Waals surface area contributed by atoms with Crippen LogP contribution in [0.1, 0.15) is 55.8 Å². The van der Waals surface area contributed by atoms with E-state index >= 15 is 0 Å². The number of aryl methyl sites for hydroxylation is 1. The van der Waals surface area contributed by atoms with Crippen molar-refractivity contribution in [2.75, 3.05) is 13.2 Å². The molecule has 19 heavy (non-hydrogen) atoms. The van der Waals surface area contributed by atoms with Crippen molar-refractivity contribution in [3.8, 4) is 0 Å². The van der Waals surface area contributed by atoms with E-state index in [2.05, 4.69) is 38.2 Å². The van der Waals surface area contributed by atoms with Crippen molar-refractivity contribution >= 4 is 11.3 Å². The normalized spacial score (nSPS) is 24.8. The van der Waals surface area contributed by atoms with E-state index in [0.29, 0.717) is 18.1 Å². The third kappa shape index (κ3) is 3.59. The molecule has 1 saturated heterocycles.